The summed E-state index contributed by atoms with van der Waals surface area (Å²) in [5.74, 6) is -5.91. The van der Waals surface area contributed by atoms with Gasteiger partial charge in [-0.1, -0.05) is 0 Å². The van der Waals surface area contributed by atoms with E-state index < -0.39 is 82.6 Å². The van der Waals surface area contributed by atoms with E-state index in [9.17, 15) is 45.8 Å². The van der Waals surface area contributed by atoms with Gasteiger partial charge in [0.2, 0.25) is 11.3 Å². The molecule has 9 nitrogen and oxygen atoms in total. The maximum atomic E-state index is 14.8. The van der Waals surface area contributed by atoms with Crippen molar-refractivity contribution in [2.75, 3.05) is 11.4 Å². The molecule has 15 heteroatoms. The van der Waals surface area contributed by atoms with Gasteiger partial charge in [0.25, 0.3) is 0 Å². The van der Waals surface area contributed by atoms with Gasteiger partial charge in [0.15, 0.2) is 23.0 Å². The van der Waals surface area contributed by atoms with Gasteiger partial charge in [-0.05, 0) is 30.9 Å². The summed E-state index contributed by atoms with van der Waals surface area (Å²) in [5, 5.41) is 11.6. The zero-order chi connectivity index (χ0) is 28.9. The van der Waals surface area contributed by atoms with E-state index in [0.717, 1.165) is 11.0 Å². The summed E-state index contributed by atoms with van der Waals surface area (Å²) in [6, 6.07) is 1.76. The Labute approximate surface area is 221 Å². The van der Waals surface area contributed by atoms with Gasteiger partial charge >= 0.3 is 12.3 Å². The highest BCUT2D eigenvalue weighted by atomic mass is 19.4. The molecule has 2 N–H and O–H groups in total. The molecule has 1 saturated carbocycles. The number of aliphatic hydroxyl groups is 1. The van der Waals surface area contributed by atoms with Crippen molar-refractivity contribution in [2.45, 2.75) is 44.0 Å². The number of ether oxygens (including phenoxy) is 1. The maximum Gasteiger partial charge on any atom is 0.413 e. The normalized spacial score (nSPS) is 18.3. The molecule has 1 aliphatic carbocycles. The Morgan fingerprint density at radius 2 is 1.82 bits per heavy atom. The van der Waals surface area contributed by atoms with E-state index in [2.05, 4.69) is 10.3 Å². The summed E-state index contributed by atoms with van der Waals surface area (Å²) in [7, 11) is 0. The number of hydrogen-bond acceptors (Lipinski definition) is 6. The van der Waals surface area contributed by atoms with Crippen LogP contribution in [0.1, 0.15) is 25.7 Å². The minimum absolute atomic E-state index is 0.0732. The van der Waals surface area contributed by atoms with Crippen LogP contribution < -0.4 is 20.4 Å². The first kappa shape index (κ1) is 27.4. The summed E-state index contributed by atoms with van der Waals surface area (Å²) in [6.07, 6.45) is -6.89. The lowest BCUT2D eigenvalue weighted by molar-refractivity contribution is -0.140. The summed E-state index contributed by atoms with van der Waals surface area (Å²) >= 11 is 0. The average molecular weight is 570 g/mol. The van der Waals surface area contributed by atoms with Crippen molar-refractivity contribution in [3.8, 4) is 11.4 Å². The van der Waals surface area contributed by atoms with Crippen molar-refractivity contribution >= 4 is 28.9 Å². The van der Waals surface area contributed by atoms with E-state index in [1.807, 2.05) is 0 Å². The first-order valence-electron chi connectivity index (χ1n) is 12.1. The molecule has 212 valence electrons. The van der Waals surface area contributed by atoms with Gasteiger partial charge in [-0.25, -0.2) is 22.9 Å². The van der Waals surface area contributed by atoms with Gasteiger partial charge in [0.1, 0.15) is 17.3 Å². The number of halogens is 6. The van der Waals surface area contributed by atoms with Gasteiger partial charge in [0.05, 0.1) is 37.1 Å². The lowest BCUT2D eigenvalue weighted by atomic mass is 10.1. The topological polar surface area (TPSA) is 114 Å². The maximum absolute atomic E-state index is 14.8. The number of anilines is 1. The fourth-order valence-corrected chi connectivity index (χ4v) is 4.60. The molecule has 1 aliphatic heterocycles. The molecule has 2 atom stereocenters. The second kappa shape index (κ2) is 10.1. The monoisotopic (exact) mass is 570 g/mol. The van der Waals surface area contributed by atoms with Gasteiger partial charge in [-0.2, -0.15) is 13.2 Å². The smallest absolute Gasteiger partial charge is 0.405 e. The molecule has 1 unspecified atom stereocenters. The lowest BCUT2D eigenvalue weighted by Gasteiger charge is -2.20. The van der Waals surface area contributed by atoms with Crippen LogP contribution >= 0.6 is 0 Å². The molecule has 2 fully saturated rings. The third-order valence-electron chi connectivity index (χ3n) is 6.56. The van der Waals surface area contributed by atoms with Gasteiger partial charge in [0, 0.05) is 18.2 Å². The van der Waals surface area contributed by atoms with Crippen molar-refractivity contribution < 1.29 is 45.8 Å². The Kier molecular flexibility index (Phi) is 6.94. The third-order valence-corrected chi connectivity index (χ3v) is 6.56. The number of amides is 2. The Morgan fingerprint density at radius 3 is 2.40 bits per heavy atom. The molecule has 3 heterocycles. The minimum Gasteiger partial charge on any atom is -0.405 e. The van der Waals surface area contributed by atoms with E-state index in [-0.39, 0.29) is 24.2 Å². The number of rotatable bonds is 6. The molecule has 2 amide bonds. The lowest BCUT2D eigenvalue weighted by Crippen LogP contribution is -2.41. The second-order valence-electron chi connectivity index (χ2n) is 9.61. The van der Waals surface area contributed by atoms with Crippen LogP contribution in [0.4, 0.5) is 37.0 Å². The van der Waals surface area contributed by atoms with E-state index in [1.165, 1.54) is 6.07 Å². The highest BCUT2D eigenvalue weighted by Crippen LogP contribution is 2.37. The Balaban J connectivity index is 1.59. The highest BCUT2D eigenvalue weighted by molar-refractivity contribution is 5.96. The number of benzene rings is 1. The van der Waals surface area contributed by atoms with Gasteiger partial charge in [-0.3, -0.25) is 19.1 Å². The average Bonchev–Trinajstić information content (AvgIpc) is 3.63. The number of fused-ring (bicyclic) bond motifs is 1. The number of nitrogens with one attached hydrogen (secondary N) is 1. The van der Waals surface area contributed by atoms with E-state index in [4.69, 9.17) is 4.74 Å². The Bertz CT molecular complexity index is 1550. The molecule has 0 bridgehead atoms. The first-order chi connectivity index (χ1) is 18.8. The molecule has 0 spiro atoms. The fourth-order valence-electron chi connectivity index (χ4n) is 4.60. The number of alkyl halides is 3. The van der Waals surface area contributed by atoms with Crippen molar-refractivity contribution in [3.05, 3.63) is 58.1 Å². The van der Waals surface area contributed by atoms with Crippen LogP contribution in [-0.4, -0.2) is 51.5 Å². The molecule has 5 rings (SSSR count). The zero-order valence-corrected chi connectivity index (χ0v) is 20.3. The summed E-state index contributed by atoms with van der Waals surface area (Å²) < 4.78 is 87.8. The number of aromatic nitrogens is 2. The van der Waals surface area contributed by atoms with Gasteiger partial charge < -0.3 is 15.2 Å². The Morgan fingerprint density at radius 1 is 1.15 bits per heavy atom. The molecule has 1 saturated heterocycles. The SMILES string of the molecule is O=C(NC(CC(F)(F)F)C1CC1)Oc1cn(-c2c(F)cc(F)cc2F)c2nc(N3C[C@@H](O)CC3=O)ccc2c1=O. The van der Waals surface area contributed by atoms with E-state index in [1.54, 1.807) is 0 Å². The minimum atomic E-state index is -4.58. The van der Waals surface area contributed by atoms with Crippen LogP contribution in [0, 0.1) is 23.4 Å². The quantitative estimate of drug-likeness (QED) is 0.437. The first-order valence-corrected chi connectivity index (χ1v) is 12.1. The van der Waals surface area contributed by atoms with E-state index >= 15 is 0 Å². The van der Waals surface area contributed by atoms with Crippen LogP contribution in [0.25, 0.3) is 16.7 Å². The number of pyridine rings is 2. The zero-order valence-electron chi connectivity index (χ0n) is 20.3. The van der Waals surface area contributed by atoms with Crippen LogP contribution in [-0.2, 0) is 4.79 Å². The number of carbonyl (C=O) groups is 2. The molecule has 3 aromatic rings. The Hall–Kier alpha value is -4.14. The molecule has 2 aliphatic rings. The van der Waals surface area contributed by atoms with Crippen LogP contribution in [0.5, 0.6) is 5.75 Å². The second-order valence-corrected chi connectivity index (χ2v) is 9.61. The number of carbonyl (C=O) groups excluding carboxylic acids is 2. The molecular formula is C25H20F6N4O5. The standard InChI is InChI=1S/C25H20F6N4O5/c26-12-5-15(27)21(16(28)6-12)35-10-18(40-24(39)32-17(11-1-2-11)8-25(29,30)31)22(38)14-3-4-19(33-23(14)35)34-9-13(36)7-20(34)37/h3-6,10-11,13,17,36H,1-2,7-9H2,(H,32,39)/t13-,17?/m0/s1. The highest BCUT2D eigenvalue weighted by Gasteiger charge is 2.41. The number of aliphatic hydroxyl groups excluding tert-OH is 1. The molecular weight excluding hydrogens is 550 g/mol. The van der Waals surface area contributed by atoms with Crippen molar-refractivity contribution in [1.29, 1.82) is 0 Å². The van der Waals surface area contributed by atoms with Crippen molar-refractivity contribution in [1.82, 2.24) is 14.9 Å². The van der Waals surface area contributed by atoms with Crippen LogP contribution in [0.3, 0.4) is 0 Å². The predicted molar refractivity (Wildman–Crippen MR) is 127 cm³/mol. The molecule has 1 aromatic carbocycles. The van der Waals surface area contributed by atoms with Crippen LogP contribution in [0.15, 0.2) is 35.3 Å². The van der Waals surface area contributed by atoms with Crippen LogP contribution in [0.2, 0.25) is 0 Å². The largest absolute Gasteiger partial charge is 0.413 e. The predicted octanol–water partition coefficient (Wildman–Crippen LogP) is 3.72. The number of β-amino-alcohol motifs (C(OH)–C–C–N with tert-alkyl or cyclic N) is 1. The molecule has 40 heavy (non-hydrogen) atoms. The van der Waals surface area contributed by atoms with E-state index in [0.29, 0.717) is 35.7 Å². The summed E-state index contributed by atoms with van der Waals surface area (Å²) in [5.41, 5.74) is -2.33. The molecule has 0 radical (unpaired) electrons. The van der Waals surface area contributed by atoms with Crippen molar-refractivity contribution in [3.63, 3.8) is 0 Å². The summed E-state index contributed by atoms with van der Waals surface area (Å²) in [4.78, 5) is 43.2. The molecule has 2 aromatic heterocycles. The number of nitrogens with zero attached hydrogens (tertiary/aromatic N) is 3. The number of hydrogen-bond donors (Lipinski definition) is 2. The fraction of sp³-hybridized carbons (Fsp3) is 0.360. The van der Waals surface area contributed by atoms with Gasteiger partial charge in [-0.15, -0.1) is 0 Å². The van der Waals surface area contributed by atoms with Crippen molar-refractivity contribution in [2.24, 2.45) is 5.92 Å². The summed E-state index contributed by atoms with van der Waals surface area (Å²) in [6.45, 7) is -0.137. The third kappa shape index (κ3) is 5.59.